The summed E-state index contributed by atoms with van der Waals surface area (Å²) in [5, 5.41) is 7.05. The monoisotopic (exact) mass is 461 g/mol. The molecule has 33 heavy (non-hydrogen) atoms. The second-order valence-electron chi connectivity index (χ2n) is 7.57. The molecule has 0 aliphatic carbocycles. The number of hydrogen-bond acceptors (Lipinski definition) is 5. The van der Waals surface area contributed by atoms with Gasteiger partial charge in [-0.15, -0.1) is 0 Å². The van der Waals surface area contributed by atoms with E-state index in [9.17, 15) is 13.2 Å². The first-order chi connectivity index (χ1) is 15.8. The molecule has 2 heterocycles. The molecule has 9 heteroatoms. The molecule has 0 aliphatic heterocycles. The fourth-order valence-corrected chi connectivity index (χ4v) is 4.73. The van der Waals surface area contributed by atoms with Crippen LogP contribution in [-0.2, 0) is 16.6 Å². The van der Waals surface area contributed by atoms with Gasteiger partial charge in [0.1, 0.15) is 0 Å². The highest BCUT2D eigenvalue weighted by molar-refractivity contribution is 7.92. The summed E-state index contributed by atoms with van der Waals surface area (Å²) in [4.78, 5) is 17.2. The average Bonchev–Trinajstić information content (AvgIpc) is 3.34. The van der Waals surface area contributed by atoms with Gasteiger partial charge in [0.25, 0.3) is 15.9 Å². The molecule has 0 unspecified atom stereocenters. The second-order valence-corrected chi connectivity index (χ2v) is 9.22. The molecule has 4 aromatic rings. The van der Waals surface area contributed by atoms with Crippen molar-refractivity contribution >= 4 is 21.6 Å². The Morgan fingerprint density at radius 2 is 1.79 bits per heavy atom. The number of aryl methyl sites for hydroxylation is 2. The fraction of sp³-hybridized carbons (Fsp3) is 0.125. The lowest BCUT2D eigenvalue weighted by atomic mass is 10.2. The molecular weight excluding hydrogens is 438 g/mol. The Balaban J connectivity index is 1.44. The van der Waals surface area contributed by atoms with Crippen LogP contribution in [0.4, 0.5) is 5.69 Å². The Kier molecular flexibility index (Phi) is 6.23. The highest BCUT2D eigenvalue weighted by Gasteiger charge is 2.17. The van der Waals surface area contributed by atoms with E-state index in [0.29, 0.717) is 22.6 Å². The van der Waals surface area contributed by atoms with Crippen molar-refractivity contribution in [1.82, 2.24) is 20.1 Å². The highest BCUT2D eigenvalue weighted by atomic mass is 32.2. The third kappa shape index (κ3) is 5.09. The average molecular weight is 462 g/mol. The zero-order valence-electron chi connectivity index (χ0n) is 18.2. The number of aromatic nitrogens is 3. The van der Waals surface area contributed by atoms with Gasteiger partial charge >= 0.3 is 0 Å². The van der Waals surface area contributed by atoms with E-state index in [1.54, 1.807) is 78.7 Å². The molecule has 0 saturated heterocycles. The highest BCUT2D eigenvalue weighted by Crippen LogP contribution is 2.21. The van der Waals surface area contributed by atoms with Crippen molar-refractivity contribution in [3.05, 3.63) is 102 Å². The Morgan fingerprint density at radius 1 is 1.00 bits per heavy atom. The maximum Gasteiger partial charge on any atom is 0.262 e. The minimum Gasteiger partial charge on any atom is -0.348 e. The Hall–Kier alpha value is -3.98. The van der Waals surface area contributed by atoms with Gasteiger partial charge < -0.3 is 5.32 Å². The standard InChI is InChI=1S/C24H23N5O3S/c1-17-6-7-18(2)22(15-17)33(31,32)28-21-10-8-19(9-11-21)24(30)26-16-20-5-3-12-25-23(20)29-14-4-13-27-29/h3-15,28H,16H2,1-2H3,(H,26,30). The number of hydrogen-bond donors (Lipinski definition) is 2. The molecule has 0 spiro atoms. The topological polar surface area (TPSA) is 106 Å². The van der Waals surface area contributed by atoms with Crippen LogP contribution in [0, 0.1) is 13.8 Å². The smallest absolute Gasteiger partial charge is 0.262 e. The van der Waals surface area contributed by atoms with Crippen molar-refractivity contribution in [2.45, 2.75) is 25.3 Å². The van der Waals surface area contributed by atoms with Gasteiger partial charge in [0, 0.05) is 41.9 Å². The summed E-state index contributed by atoms with van der Waals surface area (Å²) in [6, 6.07) is 17.0. The predicted octanol–water partition coefficient (Wildman–Crippen LogP) is 3.61. The molecule has 0 fully saturated rings. The lowest BCUT2D eigenvalue weighted by Crippen LogP contribution is -2.24. The Labute approximate surface area is 192 Å². The van der Waals surface area contributed by atoms with Gasteiger partial charge in [-0.25, -0.2) is 18.1 Å². The zero-order chi connectivity index (χ0) is 23.4. The lowest BCUT2D eigenvalue weighted by molar-refractivity contribution is 0.0951. The van der Waals surface area contributed by atoms with E-state index in [2.05, 4.69) is 20.1 Å². The van der Waals surface area contributed by atoms with Gasteiger partial charge in [0.05, 0.1) is 4.90 Å². The van der Waals surface area contributed by atoms with Crippen LogP contribution < -0.4 is 10.0 Å². The quantitative estimate of drug-likeness (QED) is 0.437. The van der Waals surface area contributed by atoms with Crippen LogP contribution in [0.3, 0.4) is 0 Å². The minimum atomic E-state index is -3.74. The van der Waals surface area contributed by atoms with Crippen LogP contribution in [0.5, 0.6) is 0 Å². The van der Waals surface area contributed by atoms with E-state index in [0.717, 1.165) is 11.1 Å². The number of sulfonamides is 1. The van der Waals surface area contributed by atoms with Gasteiger partial charge in [-0.2, -0.15) is 5.10 Å². The van der Waals surface area contributed by atoms with E-state index < -0.39 is 10.0 Å². The summed E-state index contributed by atoms with van der Waals surface area (Å²) >= 11 is 0. The molecule has 168 valence electrons. The third-order valence-corrected chi connectivity index (χ3v) is 6.58. The number of pyridine rings is 1. The van der Waals surface area contributed by atoms with Gasteiger partial charge in [-0.1, -0.05) is 18.2 Å². The number of nitrogens with one attached hydrogen (secondary N) is 2. The molecule has 0 atom stereocenters. The van der Waals surface area contributed by atoms with Crippen molar-refractivity contribution in [1.29, 1.82) is 0 Å². The number of benzene rings is 2. The van der Waals surface area contributed by atoms with Crippen LogP contribution in [0.1, 0.15) is 27.0 Å². The predicted molar refractivity (Wildman–Crippen MR) is 126 cm³/mol. The Bertz CT molecular complexity index is 1380. The van der Waals surface area contributed by atoms with E-state index in [1.165, 1.54) is 0 Å². The summed E-state index contributed by atoms with van der Waals surface area (Å²) in [5.41, 5.74) is 3.12. The molecular formula is C24H23N5O3S. The summed E-state index contributed by atoms with van der Waals surface area (Å²) < 4.78 is 29.8. The van der Waals surface area contributed by atoms with E-state index in [1.807, 2.05) is 19.1 Å². The van der Waals surface area contributed by atoms with E-state index in [4.69, 9.17) is 0 Å². The summed E-state index contributed by atoms with van der Waals surface area (Å²) in [7, 11) is -3.74. The molecule has 0 aliphatic rings. The molecule has 8 nitrogen and oxygen atoms in total. The van der Waals surface area contributed by atoms with E-state index >= 15 is 0 Å². The molecule has 0 bridgehead atoms. The van der Waals surface area contributed by atoms with Crippen molar-refractivity contribution in [3.8, 4) is 5.82 Å². The molecule has 2 aromatic heterocycles. The largest absolute Gasteiger partial charge is 0.348 e. The lowest BCUT2D eigenvalue weighted by Gasteiger charge is -2.12. The molecule has 0 saturated carbocycles. The molecule has 4 rings (SSSR count). The van der Waals surface area contributed by atoms with Crippen LogP contribution in [-0.4, -0.2) is 29.1 Å². The molecule has 0 radical (unpaired) electrons. The fourth-order valence-electron chi connectivity index (χ4n) is 3.34. The van der Waals surface area contributed by atoms with Crippen LogP contribution >= 0.6 is 0 Å². The van der Waals surface area contributed by atoms with Gasteiger partial charge in [-0.05, 0) is 67.4 Å². The number of anilines is 1. The number of carbonyl (C=O) groups excluding carboxylic acids is 1. The van der Waals surface area contributed by atoms with Gasteiger partial charge in [0.15, 0.2) is 5.82 Å². The van der Waals surface area contributed by atoms with E-state index in [-0.39, 0.29) is 17.3 Å². The van der Waals surface area contributed by atoms with Gasteiger partial charge in [-0.3, -0.25) is 9.52 Å². The van der Waals surface area contributed by atoms with Crippen molar-refractivity contribution in [2.24, 2.45) is 0 Å². The summed E-state index contributed by atoms with van der Waals surface area (Å²) in [5.74, 6) is 0.355. The second kappa shape index (κ2) is 9.25. The number of carbonyl (C=O) groups is 1. The maximum atomic E-state index is 12.8. The molecule has 2 N–H and O–H groups in total. The first-order valence-corrected chi connectivity index (χ1v) is 11.7. The molecule has 1 amide bonds. The van der Waals surface area contributed by atoms with Gasteiger partial charge in [0.2, 0.25) is 0 Å². The van der Waals surface area contributed by atoms with Crippen molar-refractivity contribution in [3.63, 3.8) is 0 Å². The SMILES string of the molecule is Cc1ccc(C)c(S(=O)(=O)Nc2ccc(C(=O)NCc3cccnc3-n3cccn3)cc2)c1. The molecule has 2 aromatic carbocycles. The summed E-state index contributed by atoms with van der Waals surface area (Å²) in [6.45, 7) is 3.86. The van der Waals surface area contributed by atoms with Crippen LogP contribution in [0.15, 0.2) is 84.1 Å². The summed E-state index contributed by atoms with van der Waals surface area (Å²) in [6.07, 6.45) is 5.11. The van der Waals surface area contributed by atoms with Crippen molar-refractivity contribution < 1.29 is 13.2 Å². The first kappa shape index (κ1) is 22.2. The normalized spacial score (nSPS) is 11.2. The third-order valence-electron chi connectivity index (χ3n) is 5.06. The number of rotatable bonds is 7. The Morgan fingerprint density at radius 3 is 2.52 bits per heavy atom. The minimum absolute atomic E-state index is 0.230. The van der Waals surface area contributed by atoms with Crippen molar-refractivity contribution in [2.75, 3.05) is 4.72 Å². The van der Waals surface area contributed by atoms with Crippen LogP contribution in [0.25, 0.3) is 5.82 Å². The first-order valence-electron chi connectivity index (χ1n) is 10.3. The zero-order valence-corrected chi connectivity index (χ0v) is 19.0. The van der Waals surface area contributed by atoms with Crippen LogP contribution in [0.2, 0.25) is 0 Å². The maximum absolute atomic E-state index is 12.8. The number of nitrogens with zero attached hydrogens (tertiary/aromatic N) is 3. The number of amides is 1.